The van der Waals surface area contributed by atoms with E-state index in [0.717, 1.165) is 11.3 Å². The van der Waals surface area contributed by atoms with Gasteiger partial charge in [0.25, 0.3) is 0 Å². The molecule has 3 heteroatoms. The molecular weight excluding hydrogens is 166 g/mol. The number of aryl methyl sites for hydroxylation is 2. The lowest BCUT2D eigenvalue weighted by Crippen LogP contribution is -1.90. The normalized spacial score (nSPS) is 8.77. The van der Waals surface area contributed by atoms with E-state index < -0.39 is 5.97 Å². The van der Waals surface area contributed by atoms with E-state index in [-0.39, 0.29) is 0 Å². The zero-order chi connectivity index (χ0) is 9.84. The average Bonchev–Trinajstić information content (AvgIpc) is 2.07. The predicted molar refractivity (Wildman–Crippen MR) is 48.2 cm³/mol. The van der Waals surface area contributed by atoms with Gasteiger partial charge in [-0.05, 0) is 25.5 Å². The van der Waals surface area contributed by atoms with Gasteiger partial charge in [-0.25, -0.2) is 4.79 Å². The molecule has 0 spiro atoms. The van der Waals surface area contributed by atoms with Crippen LogP contribution in [0.4, 0.5) is 0 Å². The molecule has 0 bridgehead atoms. The molecule has 13 heavy (non-hydrogen) atoms. The Labute approximate surface area is 76.4 Å². The summed E-state index contributed by atoms with van der Waals surface area (Å²) < 4.78 is 0. The van der Waals surface area contributed by atoms with Crippen LogP contribution in [0.5, 0.6) is 0 Å². The summed E-state index contributed by atoms with van der Waals surface area (Å²) in [7, 11) is 0. The molecule has 0 aliphatic rings. The molecule has 1 rings (SSSR count). The molecule has 0 aliphatic carbocycles. The van der Waals surface area contributed by atoms with E-state index in [0.29, 0.717) is 5.56 Å². The molecule has 0 radical (unpaired) electrons. The molecule has 0 saturated heterocycles. The molecule has 0 aliphatic heterocycles. The minimum atomic E-state index is -1.13. The number of carboxylic acid groups (broad SMARTS) is 1. The number of aliphatic carboxylic acids is 1. The molecule has 3 nitrogen and oxygen atoms in total. The summed E-state index contributed by atoms with van der Waals surface area (Å²) in [5.41, 5.74) is 2.57. The van der Waals surface area contributed by atoms with Gasteiger partial charge in [0.2, 0.25) is 0 Å². The quantitative estimate of drug-likeness (QED) is 0.601. The first kappa shape index (κ1) is 9.27. The Kier molecular flexibility index (Phi) is 2.65. The molecule has 1 N–H and O–H groups in total. The maximum Gasteiger partial charge on any atom is 0.382 e. The molecule has 0 aromatic carbocycles. The fraction of sp³-hybridized carbons (Fsp3) is 0.200. The third-order valence-corrected chi connectivity index (χ3v) is 1.65. The monoisotopic (exact) mass is 175 g/mol. The van der Waals surface area contributed by atoms with Crippen LogP contribution in [-0.4, -0.2) is 16.1 Å². The molecule has 0 unspecified atom stereocenters. The third kappa shape index (κ3) is 2.60. The van der Waals surface area contributed by atoms with Crippen LogP contribution in [0.2, 0.25) is 0 Å². The van der Waals surface area contributed by atoms with Crippen molar-refractivity contribution < 1.29 is 9.90 Å². The van der Waals surface area contributed by atoms with Crippen molar-refractivity contribution in [3.63, 3.8) is 0 Å². The number of rotatable bonds is 0. The van der Waals surface area contributed by atoms with E-state index in [9.17, 15) is 4.79 Å². The van der Waals surface area contributed by atoms with Crippen molar-refractivity contribution in [1.29, 1.82) is 0 Å². The molecule has 0 amide bonds. The number of aromatic nitrogens is 1. The van der Waals surface area contributed by atoms with Crippen molar-refractivity contribution in [2.24, 2.45) is 0 Å². The minimum Gasteiger partial charge on any atom is -0.472 e. The number of carboxylic acids is 1. The lowest BCUT2D eigenvalue weighted by molar-refractivity contribution is -0.130. The van der Waals surface area contributed by atoms with Crippen molar-refractivity contribution in [3.8, 4) is 11.8 Å². The molecule has 1 aromatic heterocycles. The highest BCUT2D eigenvalue weighted by Crippen LogP contribution is 2.04. The van der Waals surface area contributed by atoms with Crippen LogP contribution >= 0.6 is 0 Å². The summed E-state index contributed by atoms with van der Waals surface area (Å²) >= 11 is 0. The zero-order valence-corrected chi connectivity index (χ0v) is 7.46. The van der Waals surface area contributed by atoms with Crippen LogP contribution in [0.25, 0.3) is 0 Å². The van der Waals surface area contributed by atoms with E-state index >= 15 is 0 Å². The molecule has 0 saturated carbocycles. The van der Waals surface area contributed by atoms with Gasteiger partial charge in [0, 0.05) is 23.4 Å². The second-order valence-electron chi connectivity index (χ2n) is 2.68. The number of pyridine rings is 1. The Balaban J connectivity index is 3.00. The van der Waals surface area contributed by atoms with Crippen LogP contribution in [0.1, 0.15) is 16.8 Å². The maximum absolute atomic E-state index is 10.1. The van der Waals surface area contributed by atoms with E-state index in [1.807, 2.05) is 25.8 Å². The van der Waals surface area contributed by atoms with Gasteiger partial charge in [0.05, 0.1) is 0 Å². The van der Waals surface area contributed by atoms with Crippen LogP contribution < -0.4 is 0 Å². The third-order valence-electron chi connectivity index (χ3n) is 1.65. The summed E-state index contributed by atoms with van der Waals surface area (Å²) in [6.07, 6.45) is 1.57. The summed E-state index contributed by atoms with van der Waals surface area (Å²) in [5.74, 6) is 3.41. The Morgan fingerprint density at radius 1 is 1.54 bits per heavy atom. The first-order chi connectivity index (χ1) is 6.09. The summed E-state index contributed by atoms with van der Waals surface area (Å²) in [6, 6.07) is 1.82. The lowest BCUT2D eigenvalue weighted by atomic mass is 10.2. The van der Waals surface area contributed by atoms with Crippen molar-refractivity contribution in [2.75, 3.05) is 0 Å². The number of carbonyl (C=O) groups is 1. The zero-order valence-electron chi connectivity index (χ0n) is 7.46. The van der Waals surface area contributed by atoms with Crippen LogP contribution in [0, 0.1) is 25.7 Å². The number of hydrogen-bond acceptors (Lipinski definition) is 2. The van der Waals surface area contributed by atoms with Crippen molar-refractivity contribution in [3.05, 3.63) is 29.1 Å². The van der Waals surface area contributed by atoms with Crippen molar-refractivity contribution >= 4 is 5.97 Å². The lowest BCUT2D eigenvalue weighted by Gasteiger charge is -1.97. The van der Waals surface area contributed by atoms with Crippen LogP contribution in [0.3, 0.4) is 0 Å². The second kappa shape index (κ2) is 3.72. The smallest absolute Gasteiger partial charge is 0.382 e. The molecule has 66 valence electrons. The highest BCUT2D eigenvalue weighted by molar-refractivity contribution is 5.87. The first-order valence-electron chi connectivity index (χ1n) is 3.78. The van der Waals surface area contributed by atoms with Gasteiger partial charge in [-0.15, -0.1) is 0 Å². The molecular formula is C10H9NO2. The summed E-state index contributed by atoms with van der Waals surface area (Å²) in [6.45, 7) is 3.80. The highest BCUT2D eigenvalue weighted by atomic mass is 16.4. The maximum atomic E-state index is 10.1. The first-order valence-corrected chi connectivity index (χ1v) is 3.78. The SMILES string of the molecule is Cc1cc(C#CC(=O)O)cnc1C. The number of nitrogens with zero attached hydrogens (tertiary/aromatic N) is 1. The van der Waals surface area contributed by atoms with Crippen LogP contribution in [-0.2, 0) is 4.79 Å². The van der Waals surface area contributed by atoms with Crippen molar-refractivity contribution in [1.82, 2.24) is 4.98 Å². The Morgan fingerprint density at radius 2 is 2.23 bits per heavy atom. The minimum absolute atomic E-state index is 0.630. The predicted octanol–water partition coefficient (Wildman–Crippen LogP) is 1.13. The molecule has 1 heterocycles. The van der Waals surface area contributed by atoms with Crippen molar-refractivity contribution in [2.45, 2.75) is 13.8 Å². The topological polar surface area (TPSA) is 50.2 Å². The van der Waals surface area contributed by atoms with Gasteiger partial charge in [0.15, 0.2) is 0 Å². The summed E-state index contributed by atoms with van der Waals surface area (Å²) in [5, 5.41) is 8.30. The molecule has 0 atom stereocenters. The fourth-order valence-electron chi connectivity index (χ4n) is 0.837. The summed E-state index contributed by atoms with van der Waals surface area (Å²) in [4.78, 5) is 14.2. The van der Waals surface area contributed by atoms with E-state index in [4.69, 9.17) is 5.11 Å². The largest absolute Gasteiger partial charge is 0.472 e. The van der Waals surface area contributed by atoms with E-state index in [1.54, 1.807) is 6.20 Å². The molecule has 0 fully saturated rings. The Morgan fingerprint density at radius 3 is 2.77 bits per heavy atom. The van der Waals surface area contributed by atoms with E-state index in [2.05, 4.69) is 10.9 Å². The van der Waals surface area contributed by atoms with Gasteiger partial charge >= 0.3 is 5.97 Å². The highest BCUT2D eigenvalue weighted by Gasteiger charge is 1.94. The Bertz CT molecular complexity index is 399. The van der Waals surface area contributed by atoms with Gasteiger partial charge in [0.1, 0.15) is 0 Å². The van der Waals surface area contributed by atoms with Gasteiger partial charge in [-0.3, -0.25) is 4.98 Å². The Hall–Kier alpha value is -1.82. The van der Waals surface area contributed by atoms with E-state index in [1.165, 1.54) is 0 Å². The molecule has 1 aromatic rings. The second-order valence-corrected chi connectivity index (χ2v) is 2.68. The average molecular weight is 175 g/mol. The van der Waals surface area contributed by atoms with Gasteiger partial charge in [-0.2, -0.15) is 0 Å². The van der Waals surface area contributed by atoms with Gasteiger partial charge in [-0.1, -0.05) is 5.92 Å². The number of hydrogen-bond donors (Lipinski definition) is 1. The standard InChI is InChI=1S/C10H9NO2/c1-7-5-9(3-4-10(12)13)6-11-8(7)2/h5-6H,1-2H3,(H,12,13). The fourth-order valence-corrected chi connectivity index (χ4v) is 0.837. The van der Waals surface area contributed by atoms with Crippen LogP contribution in [0.15, 0.2) is 12.3 Å². The van der Waals surface area contributed by atoms with Gasteiger partial charge < -0.3 is 5.11 Å².